The average Bonchev–Trinajstić information content (AvgIpc) is 3.63. The van der Waals surface area contributed by atoms with Crippen LogP contribution in [0.2, 0.25) is 0 Å². The fourth-order valence-corrected chi connectivity index (χ4v) is 6.81. The van der Waals surface area contributed by atoms with Crippen LogP contribution in [0.25, 0.3) is 10.8 Å². The predicted molar refractivity (Wildman–Crippen MR) is 163 cm³/mol. The topological polar surface area (TPSA) is 111 Å². The van der Waals surface area contributed by atoms with Gasteiger partial charge in [-0.25, -0.2) is 0 Å². The van der Waals surface area contributed by atoms with Crippen molar-refractivity contribution in [1.82, 2.24) is 19.8 Å². The smallest absolute Gasteiger partial charge is 0.318 e. The number of phenols is 1. The van der Waals surface area contributed by atoms with Gasteiger partial charge >= 0.3 is 6.01 Å². The molecule has 1 aliphatic carbocycles. The predicted octanol–water partition coefficient (Wildman–Crippen LogP) is 3.40. The number of ether oxygens (including phenoxy) is 2. The summed E-state index contributed by atoms with van der Waals surface area (Å²) in [6.45, 7) is 3.86. The van der Waals surface area contributed by atoms with Gasteiger partial charge in [0, 0.05) is 46.2 Å². The van der Waals surface area contributed by atoms with Crippen LogP contribution >= 0.6 is 22.6 Å². The standard InChI is InChI=1S/C30H36IN5O5/c1-34(2)17-30(7-8-30)18-41-29-32-25-15-36(14-23(25)27(33-29)35-9-4-10-40-21(13-35)16-37)28(39)22-12-20(38)11-19-5-3-6-24(31)26(19)22/h3,5-6,11-12,21,37-38H,4,7-10,13-18H2,1-2H3/t21-/m1/s1. The van der Waals surface area contributed by atoms with Crippen molar-refractivity contribution in [2.75, 3.05) is 58.5 Å². The van der Waals surface area contributed by atoms with Gasteiger partial charge in [0.25, 0.3) is 5.91 Å². The molecule has 3 aromatic rings. The van der Waals surface area contributed by atoms with Crippen molar-refractivity contribution in [1.29, 1.82) is 0 Å². The minimum Gasteiger partial charge on any atom is -0.508 e. The largest absolute Gasteiger partial charge is 0.508 e. The highest BCUT2D eigenvalue weighted by molar-refractivity contribution is 14.1. The number of carbonyl (C=O) groups is 1. The van der Waals surface area contributed by atoms with Gasteiger partial charge in [-0.05, 0) is 79.5 Å². The third kappa shape index (κ3) is 5.95. The van der Waals surface area contributed by atoms with Crippen LogP contribution in [0.4, 0.5) is 5.82 Å². The number of amides is 1. The first kappa shape index (κ1) is 28.4. The van der Waals surface area contributed by atoms with Gasteiger partial charge in [0.1, 0.15) is 11.6 Å². The van der Waals surface area contributed by atoms with E-state index in [1.165, 1.54) is 0 Å². The van der Waals surface area contributed by atoms with Gasteiger partial charge in [0.15, 0.2) is 0 Å². The van der Waals surface area contributed by atoms with E-state index in [1.807, 2.05) is 18.2 Å². The Labute approximate surface area is 253 Å². The lowest BCUT2D eigenvalue weighted by molar-refractivity contribution is 0.0266. The minimum absolute atomic E-state index is 0.0575. The molecule has 10 nitrogen and oxygen atoms in total. The summed E-state index contributed by atoms with van der Waals surface area (Å²) in [5, 5.41) is 21.9. The Morgan fingerprint density at radius 2 is 2.07 bits per heavy atom. The number of benzene rings is 2. The first-order chi connectivity index (χ1) is 19.7. The quantitative estimate of drug-likeness (QED) is 0.348. The molecule has 218 valence electrons. The lowest BCUT2D eigenvalue weighted by atomic mass is 10.0. The van der Waals surface area contributed by atoms with E-state index in [0.717, 1.165) is 57.2 Å². The Hall–Kier alpha value is -2.74. The number of halogens is 1. The molecule has 3 heterocycles. The number of hydrogen-bond donors (Lipinski definition) is 2. The SMILES string of the molecule is CN(C)CC1(COc2nc3c(c(N4CCCO[C@@H](CO)C4)n2)CN(C(=O)c2cc(O)cc4cccc(I)c24)C3)CC1. The van der Waals surface area contributed by atoms with Crippen LogP contribution in [0.15, 0.2) is 30.3 Å². The molecule has 0 bridgehead atoms. The molecule has 3 aliphatic rings. The summed E-state index contributed by atoms with van der Waals surface area (Å²) in [6.07, 6.45) is 2.71. The fraction of sp³-hybridized carbons (Fsp3) is 0.500. The second-order valence-corrected chi connectivity index (χ2v) is 12.9. The second-order valence-electron chi connectivity index (χ2n) is 11.7. The Morgan fingerprint density at radius 3 is 2.83 bits per heavy atom. The average molecular weight is 674 g/mol. The van der Waals surface area contributed by atoms with E-state index < -0.39 is 0 Å². The highest BCUT2D eigenvalue weighted by Crippen LogP contribution is 2.46. The second kappa shape index (κ2) is 11.5. The molecule has 1 saturated heterocycles. The van der Waals surface area contributed by atoms with Gasteiger partial charge in [-0.15, -0.1) is 0 Å². The molecule has 0 spiro atoms. The summed E-state index contributed by atoms with van der Waals surface area (Å²) in [6, 6.07) is 9.34. The number of anilines is 1. The fourth-order valence-electron chi connectivity index (χ4n) is 6.00. The van der Waals surface area contributed by atoms with Gasteiger partial charge < -0.3 is 34.4 Å². The summed E-state index contributed by atoms with van der Waals surface area (Å²) in [5.41, 5.74) is 2.24. The summed E-state index contributed by atoms with van der Waals surface area (Å²) >= 11 is 2.23. The molecule has 6 rings (SSSR count). The first-order valence-electron chi connectivity index (χ1n) is 14.1. The van der Waals surface area contributed by atoms with E-state index in [9.17, 15) is 15.0 Å². The van der Waals surface area contributed by atoms with Crippen molar-refractivity contribution in [3.8, 4) is 11.8 Å². The van der Waals surface area contributed by atoms with Crippen LogP contribution in [0.1, 0.15) is 40.9 Å². The number of fused-ring (bicyclic) bond motifs is 2. The van der Waals surface area contributed by atoms with Crippen molar-refractivity contribution in [3.63, 3.8) is 0 Å². The maximum atomic E-state index is 14.0. The molecule has 2 aromatic carbocycles. The molecule has 0 radical (unpaired) electrons. The lowest BCUT2D eigenvalue weighted by Gasteiger charge is -2.26. The molecule has 2 aliphatic heterocycles. The zero-order valence-electron chi connectivity index (χ0n) is 23.5. The minimum atomic E-state index is -0.317. The van der Waals surface area contributed by atoms with Crippen molar-refractivity contribution < 1.29 is 24.5 Å². The van der Waals surface area contributed by atoms with Crippen LogP contribution in [-0.4, -0.2) is 95.5 Å². The van der Waals surface area contributed by atoms with Crippen molar-refractivity contribution in [2.45, 2.75) is 38.5 Å². The maximum Gasteiger partial charge on any atom is 0.318 e. The summed E-state index contributed by atoms with van der Waals surface area (Å²) in [4.78, 5) is 29.8. The molecular weight excluding hydrogens is 637 g/mol. The number of rotatable bonds is 8. The van der Waals surface area contributed by atoms with E-state index in [1.54, 1.807) is 17.0 Å². The van der Waals surface area contributed by atoms with Gasteiger partial charge in [0.2, 0.25) is 0 Å². The first-order valence-corrected chi connectivity index (χ1v) is 15.2. The number of phenolic OH excluding ortho intramolecular Hbond substituents is 1. The molecule has 0 unspecified atom stereocenters. The summed E-state index contributed by atoms with van der Waals surface area (Å²) < 4.78 is 13.0. The van der Waals surface area contributed by atoms with Crippen molar-refractivity contribution in [3.05, 3.63) is 50.7 Å². The molecular formula is C30H36IN5O5. The van der Waals surface area contributed by atoms with E-state index in [-0.39, 0.29) is 29.8 Å². The zero-order valence-corrected chi connectivity index (χ0v) is 25.6. The lowest BCUT2D eigenvalue weighted by Crippen LogP contribution is -2.35. The van der Waals surface area contributed by atoms with Crippen LogP contribution in [0.3, 0.4) is 0 Å². The van der Waals surface area contributed by atoms with Gasteiger partial charge in [-0.3, -0.25) is 4.79 Å². The molecule has 1 saturated carbocycles. The molecule has 1 amide bonds. The highest BCUT2D eigenvalue weighted by atomic mass is 127. The number of nitrogens with zero attached hydrogens (tertiary/aromatic N) is 5. The number of aliphatic hydroxyl groups excluding tert-OH is 1. The van der Waals surface area contributed by atoms with Crippen LogP contribution in [0.5, 0.6) is 11.8 Å². The van der Waals surface area contributed by atoms with Gasteiger partial charge in [-0.1, -0.05) is 12.1 Å². The van der Waals surface area contributed by atoms with Crippen molar-refractivity contribution in [2.24, 2.45) is 5.41 Å². The Morgan fingerprint density at radius 1 is 1.24 bits per heavy atom. The Kier molecular flexibility index (Phi) is 7.96. The van der Waals surface area contributed by atoms with Crippen LogP contribution in [0, 0.1) is 8.99 Å². The molecule has 2 fully saturated rings. The number of aromatic nitrogens is 2. The van der Waals surface area contributed by atoms with Crippen molar-refractivity contribution >= 4 is 45.1 Å². The third-order valence-electron chi connectivity index (χ3n) is 8.14. The number of carbonyl (C=O) groups excluding carboxylic acids is 1. The molecule has 2 N–H and O–H groups in total. The summed E-state index contributed by atoms with van der Waals surface area (Å²) in [7, 11) is 4.15. The normalized spacial score (nSPS) is 19.9. The van der Waals surface area contributed by atoms with Gasteiger partial charge in [-0.2, -0.15) is 9.97 Å². The number of hydrogen-bond acceptors (Lipinski definition) is 9. The molecule has 11 heteroatoms. The van der Waals surface area contributed by atoms with Crippen LogP contribution < -0.4 is 9.64 Å². The zero-order chi connectivity index (χ0) is 28.7. The van der Waals surface area contributed by atoms with Crippen LogP contribution in [-0.2, 0) is 17.8 Å². The molecule has 1 atom stereocenters. The summed E-state index contributed by atoms with van der Waals surface area (Å²) in [5.74, 6) is 0.621. The highest BCUT2D eigenvalue weighted by Gasteiger charge is 2.44. The number of aliphatic hydroxyl groups is 1. The van der Waals surface area contributed by atoms with E-state index in [0.29, 0.717) is 51.0 Å². The Bertz CT molecular complexity index is 1460. The van der Waals surface area contributed by atoms with E-state index in [4.69, 9.17) is 19.4 Å². The molecule has 41 heavy (non-hydrogen) atoms. The maximum absolute atomic E-state index is 14.0. The molecule has 1 aromatic heterocycles. The monoisotopic (exact) mass is 673 g/mol. The number of aromatic hydroxyl groups is 1. The Balaban J connectivity index is 1.33. The van der Waals surface area contributed by atoms with Gasteiger partial charge in [0.05, 0.1) is 43.7 Å². The van der Waals surface area contributed by atoms with E-state index in [2.05, 4.69) is 46.5 Å². The van der Waals surface area contributed by atoms with E-state index >= 15 is 0 Å². The third-order valence-corrected chi connectivity index (χ3v) is 9.04.